The highest BCUT2D eigenvalue weighted by Gasteiger charge is 2.41. The first-order valence-electron chi connectivity index (χ1n) is 9.88. The zero-order chi connectivity index (χ0) is 24.5. The van der Waals surface area contributed by atoms with Crippen molar-refractivity contribution in [3.8, 4) is 0 Å². The molecule has 0 unspecified atom stereocenters. The number of benzene rings is 3. The highest BCUT2D eigenvalue weighted by Crippen LogP contribution is 2.30. The van der Waals surface area contributed by atoms with Crippen molar-refractivity contribution in [1.82, 2.24) is 4.90 Å². The minimum absolute atomic E-state index is 0.0707. The summed E-state index contributed by atoms with van der Waals surface area (Å²) in [5.74, 6) is -2.67. The lowest BCUT2D eigenvalue weighted by molar-refractivity contribution is -0.385. The van der Waals surface area contributed by atoms with E-state index < -0.39 is 44.8 Å². The predicted molar refractivity (Wildman–Crippen MR) is 117 cm³/mol. The fourth-order valence-electron chi connectivity index (χ4n) is 3.45. The predicted octanol–water partition coefficient (Wildman–Crippen LogP) is 2.77. The summed E-state index contributed by atoms with van der Waals surface area (Å²) in [4.78, 5) is 48.4. The number of carbonyl (C=O) groups excluding carboxylic acids is 3. The molecular weight excluding hydrogens is 464 g/mol. The Kier molecular flexibility index (Phi) is 5.95. The van der Waals surface area contributed by atoms with Gasteiger partial charge in [0.2, 0.25) is 9.84 Å². The summed E-state index contributed by atoms with van der Waals surface area (Å²) in [6.45, 7) is -0.947. The van der Waals surface area contributed by atoms with Crippen LogP contribution in [0.5, 0.6) is 0 Å². The minimum atomic E-state index is -3.69. The van der Waals surface area contributed by atoms with Crippen molar-refractivity contribution in [1.29, 1.82) is 0 Å². The number of nitro benzene ring substituents is 1. The van der Waals surface area contributed by atoms with Crippen LogP contribution < -0.4 is 0 Å². The lowest BCUT2D eigenvalue weighted by Gasteiger charge is -2.13. The molecule has 0 saturated heterocycles. The lowest BCUT2D eigenvalue weighted by Crippen LogP contribution is -2.35. The fraction of sp³-hybridized carbons (Fsp3) is 0.0870. The molecule has 1 aliphatic rings. The summed E-state index contributed by atoms with van der Waals surface area (Å²) in [5.41, 5.74) is -0.543. The van der Waals surface area contributed by atoms with Gasteiger partial charge >= 0.3 is 5.97 Å². The molecule has 1 heterocycles. The molecule has 1 aliphatic heterocycles. The molecule has 0 aromatic heterocycles. The number of fused-ring (bicyclic) bond motifs is 1. The highest BCUT2D eigenvalue weighted by atomic mass is 32.2. The van der Waals surface area contributed by atoms with Crippen LogP contribution in [0.3, 0.4) is 0 Å². The van der Waals surface area contributed by atoms with Gasteiger partial charge in [0.05, 0.1) is 20.3 Å². The molecule has 0 N–H and O–H groups in total. The van der Waals surface area contributed by atoms with Gasteiger partial charge < -0.3 is 4.74 Å². The van der Waals surface area contributed by atoms with Crippen LogP contribution >= 0.6 is 0 Å². The van der Waals surface area contributed by atoms with Crippen LogP contribution in [0.1, 0.15) is 26.3 Å². The van der Waals surface area contributed by atoms with Gasteiger partial charge in [-0.05, 0) is 35.9 Å². The number of hydrogen-bond acceptors (Lipinski definition) is 8. The molecule has 0 fully saturated rings. The molecule has 2 amide bonds. The van der Waals surface area contributed by atoms with Gasteiger partial charge in [0, 0.05) is 6.07 Å². The van der Waals surface area contributed by atoms with E-state index >= 15 is 0 Å². The molecule has 11 heteroatoms. The van der Waals surface area contributed by atoms with Gasteiger partial charge in [0.25, 0.3) is 17.5 Å². The molecular formula is C23H16N2O8S. The summed E-state index contributed by atoms with van der Waals surface area (Å²) >= 11 is 0. The van der Waals surface area contributed by atoms with Crippen molar-refractivity contribution < 1.29 is 32.5 Å². The number of carbonyl (C=O) groups is 3. The molecule has 172 valence electrons. The maximum Gasteiger partial charge on any atom is 0.326 e. The van der Waals surface area contributed by atoms with Crippen LogP contribution in [-0.2, 0) is 26.0 Å². The largest absolute Gasteiger partial charge is 0.459 e. The van der Waals surface area contributed by atoms with E-state index in [1.165, 1.54) is 48.5 Å². The van der Waals surface area contributed by atoms with E-state index in [9.17, 15) is 32.9 Å². The van der Waals surface area contributed by atoms with E-state index in [1.807, 2.05) is 0 Å². The molecule has 0 saturated carbocycles. The number of rotatable bonds is 7. The molecule has 0 aliphatic carbocycles. The third-order valence-corrected chi connectivity index (χ3v) is 6.93. The number of sulfone groups is 1. The van der Waals surface area contributed by atoms with Gasteiger partial charge in [-0.1, -0.05) is 36.4 Å². The monoisotopic (exact) mass is 480 g/mol. The Labute approximate surface area is 193 Å². The highest BCUT2D eigenvalue weighted by molar-refractivity contribution is 7.91. The maximum absolute atomic E-state index is 12.6. The van der Waals surface area contributed by atoms with E-state index in [1.54, 1.807) is 18.2 Å². The number of imide groups is 1. The number of ether oxygens (including phenoxy) is 1. The normalized spacial score (nSPS) is 13.0. The van der Waals surface area contributed by atoms with Crippen LogP contribution in [0.15, 0.2) is 82.6 Å². The zero-order valence-electron chi connectivity index (χ0n) is 17.4. The fourth-order valence-corrected chi connectivity index (χ4v) is 4.73. The third kappa shape index (κ3) is 4.16. The molecule has 0 radical (unpaired) electrons. The SMILES string of the molecule is O=C(CN1C(=O)c2cccc([N+](=O)[O-])c2C1=O)OCc1ccc(S(=O)(=O)c2ccccc2)cc1. The van der Waals surface area contributed by atoms with Crippen molar-refractivity contribution in [3.05, 3.63) is 99.6 Å². The van der Waals surface area contributed by atoms with Crippen LogP contribution in [0.2, 0.25) is 0 Å². The molecule has 0 spiro atoms. The van der Waals surface area contributed by atoms with Crippen molar-refractivity contribution in [3.63, 3.8) is 0 Å². The second kappa shape index (κ2) is 8.87. The maximum atomic E-state index is 12.6. The van der Waals surface area contributed by atoms with Crippen LogP contribution in [-0.4, -0.2) is 42.6 Å². The van der Waals surface area contributed by atoms with E-state index in [4.69, 9.17) is 4.74 Å². The Morgan fingerprint density at radius 2 is 1.53 bits per heavy atom. The summed E-state index contributed by atoms with van der Waals surface area (Å²) < 4.78 is 30.4. The standard InChI is InChI=1S/C23H16N2O8S/c26-20(13-24-22(27)18-7-4-8-19(25(29)30)21(18)23(24)28)33-14-15-9-11-17(12-10-15)34(31,32)16-5-2-1-3-6-16/h1-12H,13-14H2. The van der Waals surface area contributed by atoms with Gasteiger partial charge in [-0.25, -0.2) is 8.42 Å². The number of esters is 1. The average Bonchev–Trinajstić information content (AvgIpc) is 3.08. The van der Waals surface area contributed by atoms with Crippen molar-refractivity contribution in [2.75, 3.05) is 6.54 Å². The Hall–Kier alpha value is -4.38. The quantitative estimate of drug-likeness (QED) is 0.218. The average molecular weight is 480 g/mol. The molecule has 34 heavy (non-hydrogen) atoms. The Morgan fingerprint density at radius 3 is 2.18 bits per heavy atom. The van der Waals surface area contributed by atoms with Crippen molar-refractivity contribution in [2.45, 2.75) is 16.4 Å². The lowest BCUT2D eigenvalue weighted by atomic mass is 10.1. The van der Waals surface area contributed by atoms with Gasteiger partial charge in [-0.15, -0.1) is 0 Å². The number of amides is 2. The summed E-state index contributed by atoms with van der Waals surface area (Å²) in [6.07, 6.45) is 0. The molecule has 0 atom stereocenters. The van der Waals surface area contributed by atoms with Crippen LogP contribution in [0.25, 0.3) is 0 Å². The van der Waals surface area contributed by atoms with E-state index in [0.29, 0.717) is 10.5 Å². The zero-order valence-corrected chi connectivity index (χ0v) is 18.2. The Balaban J connectivity index is 1.40. The van der Waals surface area contributed by atoms with Crippen molar-refractivity contribution in [2.24, 2.45) is 0 Å². The number of nitrogens with zero attached hydrogens (tertiary/aromatic N) is 2. The first kappa shape index (κ1) is 22.8. The van der Waals surface area contributed by atoms with Crippen LogP contribution in [0.4, 0.5) is 5.69 Å². The van der Waals surface area contributed by atoms with Crippen molar-refractivity contribution >= 4 is 33.3 Å². The topological polar surface area (TPSA) is 141 Å². The first-order valence-corrected chi connectivity index (χ1v) is 11.4. The third-order valence-electron chi connectivity index (χ3n) is 5.15. The summed E-state index contributed by atoms with van der Waals surface area (Å²) in [5, 5.41) is 11.2. The van der Waals surface area contributed by atoms with E-state index in [0.717, 1.165) is 6.07 Å². The minimum Gasteiger partial charge on any atom is -0.459 e. The first-order chi connectivity index (χ1) is 16.2. The van der Waals surface area contributed by atoms with Crippen LogP contribution in [0, 0.1) is 10.1 Å². The Morgan fingerprint density at radius 1 is 0.882 bits per heavy atom. The molecule has 0 bridgehead atoms. The van der Waals surface area contributed by atoms with E-state index in [2.05, 4.69) is 0 Å². The second-order valence-electron chi connectivity index (χ2n) is 7.27. The molecule has 10 nitrogen and oxygen atoms in total. The summed E-state index contributed by atoms with van der Waals surface area (Å²) in [7, 11) is -3.69. The molecule has 3 aromatic rings. The van der Waals surface area contributed by atoms with E-state index in [-0.39, 0.29) is 27.5 Å². The molecule has 3 aromatic carbocycles. The van der Waals surface area contributed by atoms with Gasteiger partial charge in [0.15, 0.2) is 0 Å². The number of nitro groups is 1. The van der Waals surface area contributed by atoms with Gasteiger partial charge in [-0.2, -0.15) is 0 Å². The van der Waals surface area contributed by atoms with Gasteiger partial charge in [-0.3, -0.25) is 29.4 Å². The smallest absolute Gasteiger partial charge is 0.326 e. The second-order valence-corrected chi connectivity index (χ2v) is 9.22. The summed E-state index contributed by atoms with van der Waals surface area (Å²) in [6, 6.07) is 17.3. The number of hydrogen-bond donors (Lipinski definition) is 0. The Bertz CT molecular complexity index is 1420. The molecule has 4 rings (SSSR count). The van der Waals surface area contributed by atoms with Gasteiger partial charge in [0.1, 0.15) is 18.7 Å².